The number of rotatable bonds is 4. The molecule has 118 valence electrons. The minimum Gasteiger partial charge on any atom is -0.311 e. The second-order valence-corrected chi connectivity index (χ2v) is 7.07. The van der Waals surface area contributed by atoms with Gasteiger partial charge in [-0.05, 0) is 36.2 Å². The number of halogens is 1. The Hall–Kier alpha value is -1.86. The summed E-state index contributed by atoms with van der Waals surface area (Å²) in [5.41, 5.74) is 1.67. The summed E-state index contributed by atoms with van der Waals surface area (Å²) >= 11 is 4.84. The van der Waals surface area contributed by atoms with Gasteiger partial charge in [0.05, 0.1) is 16.4 Å². The normalized spacial score (nSPS) is 13.0. The van der Waals surface area contributed by atoms with E-state index < -0.39 is 4.92 Å². The van der Waals surface area contributed by atoms with E-state index >= 15 is 0 Å². The van der Waals surface area contributed by atoms with Crippen LogP contribution >= 0.6 is 27.7 Å². The van der Waals surface area contributed by atoms with Gasteiger partial charge in [-0.3, -0.25) is 14.9 Å². The van der Waals surface area contributed by atoms with E-state index in [1.54, 1.807) is 11.0 Å². The van der Waals surface area contributed by atoms with Gasteiger partial charge in [-0.25, -0.2) is 0 Å². The number of non-ortho nitro benzene ring substituents is 1. The first kappa shape index (κ1) is 16.0. The fourth-order valence-corrected chi connectivity index (χ4v) is 3.53. The van der Waals surface area contributed by atoms with Crippen molar-refractivity contribution in [3.8, 4) is 0 Å². The van der Waals surface area contributed by atoms with Gasteiger partial charge < -0.3 is 4.90 Å². The van der Waals surface area contributed by atoms with Crippen molar-refractivity contribution < 1.29 is 9.72 Å². The van der Waals surface area contributed by atoms with Crippen LogP contribution in [0.25, 0.3) is 0 Å². The van der Waals surface area contributed by atoms with Crippen molar-refractivity contribution in [3.05, 3.63) is 62.6 Å². The zero-order chi connectivity index (χ0) is 16.4. The molecule has 0 aromatic heterocycles. The summed E-state index contributed by atoms with van der Waals surface area (Å²) in [6.45, 7) is 0.580. The molecule has 1 aliphatic heterocycles. The highest BCUT2D eigenvalue weighted by atomic mass is 79.9. The number of nitrogens with zero attached hydrogens (tertiary/aromatic N) is 2. The third kappa shape index (κ3) is 3.56. The van der Waals surface area contributed by atoms with E-state index in [0.29, 0.717) is 18.0 Å². The molecule has 1 heterocycles. The Balaban J connectivity index is 1.71. The summed E-state index contributed by atoms with van der Waals surface area (Å²) < 4.78 is 0.994. The first-order chi connectivity index (χ1) is 11.0. The van der Waals surface area contributed by atoms with Gasteiger partial charge in [-0.15, -0.1) is 11.8 Å². The number of fused-ring (bicyclic) bond motifs is 1. The van der Waals surface area contributed by atoms with Crippen LogP contribution in [0.5, 0.6) is 0 Å². The molecule has 0 N–H and O–H groups in total. The Morgan fingerprint density at radius 1 is 1.26 bits per heavy atom. The van der Waals surface area contributed by atoms with Crippen molar-refractivity contribution in [2.45, 2.75) is 11.3 Å². The number of hydrogen-bond acceptors (Lipinski definition) is 4. The first-order valence-corrected chi connectivity index (χ1v) is 8.78. The van der Waals surface area contributed by atoms with Crippen molar-refractivity contribution in [1.29, 1.82) is 0 Å². The van der Waals surface area contributed by atoms with E-state index in [1.165, 1.54) is 23.9 Å². The summed E-state index contributed by atoms with van der Waals surface area (Å²) in [6.07, 6.45) is 0.738. The monoisotopic (exact) mass is 392 g/mol. The average Bonchev–Trinajstić information content (AvgIpc) is 2.97. The van der Waals surface area contributed by atoms with Gasteiger partial charge in [0, 0.05) is 28.0 Å². The molecule has 0 aliphatic carbocycles. The van der Waals surface area contributed by atoms with Crippen LogP contribution in [0.15, 0.2) is 51.8 Å². The van der Waals surface area contributed by atoms with Gasteiger partial charge in [-0.1, -0.05) is 22.0 Å². The molecule has 5 nitrogen and oxygen atoms in total. The first-order valence-electron chi connectivity index (χ1n) is 7.00. The highest BCUT2D eigenvalue weighted by molar-refractivity contribution is 9.10. The maximum atomic E-state index is 12.5. The molecular weight excluding hydrogens is 380 g/mol. The number of nitro benzene ring substituents is 1. The number of carbonyl (C=O) groups excluding carboxylic acids is 1. The Bertz CT molecular complexity index is 764. The molecular formula is C16H13BrN2O3S. The van der Waals surface area contributed by atoms with Crippen LogP contribution in [0.3, 0.4) is 0 Å². The van der Waals surface area contributed by atoms with Crippen LogP contribution in [0.1, 0.15) is 5.56 Å². The lowest BCUT2D eigenvalue weighted by molar-refractivity contribution is -0.384. The lowest BCUT2D eigenvalue weighted by atomic mass is 10.1. The molecule has 0 atom stereocenters. The third-order valence-electron chi connectivity index (χ3n) is 3.65. The van der Waals surface area contributed by atoms with Crippen LogP contribution in [-0.2, 0) is 11.2 Å². The van der Waals surface area contributed by atoms with Gasteiger partial charge in [-0.2, -0.15) is 0 Å². The largest absolute Gasteiger partial charge is 0.311 e. The van der Waals surface area contributed by atoms with E-state index in [-0.39, 0.29) is 11.6 Å². The highest BCUT2D eigenvalue weighted by Crippen LogP contribution is 2.32. The second kappa shape index (κ2) is 6.72. The maximum Gasteiger partial charge on any atom is 0.271 e. The second-order valence-electron chi connectivity index (χ2n) is 5.11. The number of carbonyl (C=O) groups is 1. The quantitative estimate of drug-likeness (QED) is 0.447. The van der Waals surface area contributed by atoms with Gasteiger partial charge in [0.1, 0.15) is 0 Å². The summed E-state index contributed by atoms with van der Waals surface area (Å²) in [4.78, 5) is 25.6. The minimum atomic E-state index is -0.433. The predicted molar refractivity (Wildman–Crippen MR) is 94.0 cm³/mol. The molecule has 0 spiro atoms. The smallest absolute Gasteiger partial charge is 0.271 e. The average molecular weight is 393 g/mol. The number of nitro groups is 1. The predicted octanol–water partition coefficient (Wildman–Crippen LogP) is 4.04. The molecule has 1 amide bonds. The molecule has 23 heavy (non-hydrogen) atoms. The van der Waals surface area contributed by atoms with Gasteiger partial charge >= 0.3 is 0 Å². The van der Waals surface area contributed by atoms with Gasteiger partial charge in [0.25, 0.3) is 5.69 Å². The summed E-state index contributed by atoms with van der Waals surface area (Å²) in [7, 11) is 0. The van der Waals surface area contributed by atoms with Crippen LogP contribution in [-0.4, -0.2) is 23.1 Å². The summed E-state index contributed by atoms with van der Waals surface area (Å²) in [5, 5.41) is 10.9. The zero-order valence-electron chi connectivity index (χ0n) is 12.1. The van der Waals surface area contributed by atoms with Crippen LogP contribution < -0.4 is 4.90 Å². The number of thioether (sulfide) groups is 1. The molecule has 3 rings (SSSR count). The summed E-state index contributed by atoms with van der Waals surface area (Å²) in [5.74, 6) is 0.279. The van der Waals surface area contributed by atoms with E-state index in [1.807, 2.05) is 24.3 Å². The minimum absolute atomic E-state index is 0.0176. The Kier molecular flexibility index (Phi) is 4.68. The van der Waals surface area contributed by atoms with Crippen molar-refractivity contribution >= 4 is 45.0 Å². The standard InChI is InChI=1S/C16H13BrN2O3S/c17-12-2-5-14(6-3-12)23-10-16(20)18-8-7-11-1-4-13(19(21)22)9-15(11)18/h1-6,9H,7-8,10H2. The molecule has 7 heteroatoms. The molecule has 0 unspecified atom stereocenters. The molecule has 2 aromatic carbocycles. The third-order valence-corrected chi connectivity index (χ3v) is 5.18. The number of hydrogen-bond donors (Lipinski definition) is 0. The lowest BCUT2D eigenvalue weighted by Crippen LogP contribution is -2.30. The summed E-state index contributed by atoms with van der Waals surface area (Å²) in [6, 6.07) is 12.5. The number of amides is 1. The number of benzene rings is 2. The van der Waals surface area contributed by atoms with Crippen molar-refractivity contribution in [1.82, 2.24) is 0 Å². The highest BCUT2D eigenvalue weighted by Gasteiger charge is 2.26. The maximum absolute atomic E-state index is 12.5. The van der Waals surface area contributed by atoms with E-state index in [0.717, 1.165) is 21.4 Å². The van der Waals surface area contributed by atoms with Crippen molar-refractivity contribution in [3.63, 3.8) is 0 Å². The zero-order valence-corrected chi connectivity index (χ0v) is 14.5. The molecule has 0 saturated carbocycles. The molecule has 2 aromatic rings. The van der Waals surface area contributed by atoms with Crippen molar-refractivity contribution in [2.24, 2.45) is 0 Å². The van der Waals surface area contributed by atoms with E-state index in [2.05, 4.69) is 15.9 Å². The van der Waals surface area contributed by atoms with E-state index in [4.69, 9.17) is 0 Å². The Morgan fingerprint density at radius 2 is 2.00 bits per heavy atom. The molecule has 0 bridgehead atoms. The fourth-order valence-electron chi connectivity index (χ4n) is 2.49. The SMILES string of the molecule is O=C(CSc1ccc(Br)cc1)N1CCc2ccc([N+](=O)[O-])cc21. The number of anilines is 1. The lowest BCUT2D eigenvalue weighted by Gasteiger charge is -2.17. The molecule has 0 radical (unpaired) electrons. The van der Waals surface area contributed by atoms with E-state index in [9.17, 15) is 14.9 Å². The van der Waals surface area contributed by atoms with Gasteiger partial charge in [0.2, 0.25) is 5.91 Å². The topological polar surface area (TPSA) is 63.5 Å². The van der Waals surface area contributed by atoms with Crippen molar-refractivity contribution in [2.75, 3.05) is 17.2 Å². The van der Waals surface area contributed by atoms with Crippen LogP contribution in [0, 0.1) is 10.1 Å². The van der Waals surface area contributed by atoms with Gasteiger partial charge in [0.15, 0.2) is 0 Å². The molecule has 1 aliphatic rings. The molecule has 0 fully saturated rings. The van der Waals surface area contributed by atoms with Crippen LogP contribution in [0.2, 0.25) is 0 Å². The fraction of sp³-hybridized carbons (Fsp3) is 0.188. The molecule has 0 saturated heterocycles. The Morgan fingerprint density at radius 3 is 2.70 bits per heavy atom. The van der Waals surface area contributed by atoms with Crippen LogP contribution in [0.4, 0.5) is 11.4 Å². The Labute approximate surface area is 146 Å².